The maximum absolute atomic E-state index is 6.02. The lowest BCUT2D eigenvalue weighted by atomic mass is 10.1. The lowest BCUT2D eigenvalue weighted by molar-refractivity contribution is 0.495. The predicted molar refractivity (Wildman–Crippen MR) is 80.9 cm³/mol. The van der Waals surface area contributed by atoms with Crippen LogP contribution in [-0.2, 0) is 13.6 Å². The van der Waals surface area contributed by atoms with E-state index in [1.807, 2.05) is 11.6 Å². The number of hydrogen-bond acceptors (Lipinski definition) is 2. The third-order valence-electron chi connectivity index (χ3n) is 4.00. The fourth-order valence-corrected chi connectivity index (χ4v) is 2.83. The van der Waals surface area contributed by atoms with Crippen molar-refractivity contribution in [2.45, 2.75) is 32.4 Å². The third-order valence-corrected chi connectivity index (χ3v) is 4.35. The summed E-state index contributed by atoms with van der Waals surface area (Å²) in [7, 11) is 1.95. The van der Waals surface area contributed by atoms with Crippen molar-refractivity contribution in [3.63, 3.8) is 0 Å². The number of halogens is 1. The molecule has 3 rings (SSSR count). The van der Waals surface area contributed by atoms with Crippen LogP contribution in [0.4, 0.5) is 0 Å². The second kappa shape index (κ2) is 5.62. The van der Waals surface area contributed by atoms with Gasteiger partial charge in [-0.25, -0.2) is 4.98 Å². The van der Waals surface area contributed by atoms with Crippen LogP contribution in [0.3, 0.4) is 0 Å². The summed E-state index contributed by atoms with van der Waals surface area (Å²) in [6.45, 7) is 3.94. The van der Waals surface area contributed by atoms with Gasteiger partial charge in [0.15, 0.2) is 0 Å². The molecule has 1 aliphatic rings. The lowest BCUT2D eigenvalue weighted by Crippen LogP contribution is -2.22. The van der Waals surface area contributed by atoms with Gasteiger partial charge in [0.1, 0.15) is 11.0 Å². The van der Waals surface area contributed by atoms with E-state index in [4.69, 9.17) is 11.6 Å². The highest BCUT2D eigenvalue weighted by Crippen LogP contribution is 2.41. The van der Waals surface area contributed by atoms with Gasteiger partial charge in [0, 0.05) is 25.5 Å². The molecule has 5 heteroatoms. The van der Waals surface area contributed by atoms with E-state index in [9.17, 15) is 0 Å². The molecule has 0 saturated heterocycles. The molecule has 1 unspecified atom stereocenters. The van der Waals surface area contributed by atoms with Crippen molar-refractivity contribution in [2.75, 3.05) is 6.54 Å². The molecule has 1 atom stereocenters. The van der Waals surface area contributed by atoms with Gasteiger partial charge in [-0.1, -0.05) is 18.5 Å². The highest BCUT2D eigenvalue weighted by Gasteiger charge is 2.32. The molecule has 1 saturated carbocycles. The first kappa shape index (κ1) is 13.7. The molecule has 2 heterocycles. The smallest absolute Gasteiger partial charge is 0.129 e. The van der Waals surface area contributed by atoms with Crippen LogP contribution in [0.15, 0.2) is 24.7 Å². The van der Waals surface area contributed by atoms with Crippen LogP contribution in [-0.4, -0.2) is 20.7 Å². The molecule has 0 aliphatic heterocycles. The Balaban J connectivity index is 1.74. The molecule has 0 amide bonds. The largest absolute Gasteiger partial charge is 0.346 e. The molecule has 1 fully saturated rings. The minimum atomic E-state index is 0.506. The zero-order chi connectivity index (χ0) is 14.1. The fourth-order valence-electron chi connectivity index (χ4n) is 2.68. The Labute approximate surface area is 124 Å². The van der Waals surface area contributed by atoms with E-state index in [1.165, 1.54) is 18.4 Å². The monoisotopic (exact) mass is 292 g/mol. The zero-order valence-electron chi connectivity index (χ0n) is 12.0. The molecule has 108 valence electrons. The molecular formula is C15H21ClN4. The topological polar surface area (TPSA) is 34.8 Å². The SMILES string of the molecule is CCNC(c1ccn(Cc2ncc(Cl)n2C)c1)C1CC1. The van der Waals surface area contributed by atoms with Gasteiger partial charge in [0.05, 0.1) is 12.7 Å². The lowest BCUT2D eigenvalue weighted by Gasteiger charge is -2.15. The standard InChI is InChI=1S/C15H21ClN4/c1-3-17-15(11-4-5-11)12-6-7-20(9-12)10-14-18-8-13(16)19(14)2/h6-9,11,15,17H,3-5,10H2,1-2H3. The number of imidazole rings is 1. The van der Waals surface area contributed by atoms with Crippen LogP contribution in [0.25, 0.3) is 0 Å². The summed E-state index contributed by atoms with van der Waals surface area (Å²) in [5.41, 5.74) is 1.38. The highest BCUT2D eigenvalue weighted by molar-refractivity contribution is 6.29. The Kier molecular flexibility index (Phi) is 3.85. The van der Waals surface area contributed by atoms with Crippen molar-refractivity contribution in [1.82, 2.24) is 19.4 Å². The minimum Gasteiger partial charge on any atom is -0.346 e. The summed E-state index contributed by atoms with van der Waals surface area (Å²) in [6.07, 6.45) is 8.75. The van der Waals surface area contributed by atoms with Crippen LogP contribution in [0.1, 0.15) is 37.2 Å². The molecule has 1 N–H and O–H groups in total. The highest BCUT2D eigenvalue weighted by atomic mass is 35.5. The van der Waals surface area contributed by atoms with Crippen LogP contribution in [0.2, 0.25) is 5.15 Å². The van der Waals surface area contributed by atoms with E-state index < -0.39 is 0 Å². The molecule has 2 aromatic rings. The van der Waals surface area contributed by atoms with E-state index in [0.717, 1.165) is 24.8 Å². The molecular weight excluding hydrogens is 272 g/mol. The van der Waals surface area contributed by atoms with Gasteiger partial charge in [0.25, 0.3) is 0 Å². The van der Waals surface area contributed by atoms with E-state index in [0.29, 0.717) is 11.2 Å². The van der Waals surface area contributed by atoms with Crippen molar-refractivity contribution >= 4 is 11.6 Å². The number of hydrogen-bond donors (Lipinski definition) is 1. The summed E-state index contributed by atoms with van der Waals surface area (Å²) >= 11 is 6.02. The normalized spacial score (nSPS) is 16.6. The van der Waals surface area contributed by atoms with Crippen molar-refractivity contribution in [3.05, 3.63) is 41.2 Å². The van der Waals surface area contributed by atoms with Crippen LogP contribution in [0.5, 0.6) is 0 Å². The van der Waals surface area contributed by atoms with Gasteiger partial charge in [0.2, 0.25) is 0 Å². The Morgan fingerprint density at radius 3 is 2.90 bits per heavy atom. The van der Waals surface area contributed by atoms with E-state index in [-0.39, 0.29) is 0 Å². The summed E-state index contributed by atoms with van der Waals surface area (Å²) in [4.78, 5) is 4.34. The van der Waals surface area contributed by atoms with E-state index >= 15 is 0 Å². The van der Waals surface area contributed by atoms with Crippen molar-refractivity contribution in [3.8, 4) is 0 Å². The molecule has 4 nitrogen and oxygen atoms in total. The summed E-state index contributed by atoms with van der Waals surface area (Å²) in [5.74, 6) is 1.79. The van der Waals surface area contributed by atoms with Gasteiger partial charge < -0.3 is 14.5 Å². The maximum atomic E-state index is 6.02. The molecule has 0 bridgehead atoms. The number of aromatic nitrogens is 3. The number of nitrogens with zero attached hydrogens (tertiary/aromatic N) is 3. The van der Waals surface area contributed by atoms with Gasteiger partial charge in [-0.3, -0.25) is 0 Å². The molecule has 1 aliphatic carbocycles. The first-order chi connectivity index (χ1) is 9.69. The summed E-state index contributed by atoms with van der Waals surface area (Å²) in [6, 6.07) is 2.72. The van der Waals surface area contributed by atoms with Crippen molar-refractivity contribution < 1.29 is 0 Å². The Morgan fingerprint density at radius 1 is 1.50 bits per heavy atom. The summed E-state index contributed by atoms with van der Waals surface area (Å²) in [5, 5.41) is 4.27. The molecule has 2 aromatic heterocycles. The Morgan fingerprint density at radius 2 is 2.30 bits per heavy atom. The zero-order valence-corrected chi connectivity index (χ0v) is 12.8. The quantitative estimate of drug-likeness (QED) is 0.888. The third kappa shape index (κ3) is 2.76. The average Bonchev–Trinajstić information content (AvgIpc) is 3.11. The molecule has 0 spiro atoms. The first-order valence-corrected chi connectivity index (χ1v) is 7.62. The van der Waals surface area contributed by atoms with Crippen molar-refractivity contribution in [1.29, 1.82) is 0 Å². The Bertz CT molecular complexity index is 582. The predicted octanol–water partition coefficient (Wildman–Crippen LogP) is 2.98. The average molecular weight is 293 g/mol. The first-order valence-electron chi connectivity index (χ1n) is 7.24. The van der Waals surface area contributed by atoms with Gasteiger partial charge in [-0.2, -0.15) is 0 Å². The Hall–Kier alpha value is -1.26. The number of rotatable bonds is 6. The summed E-state index contributed by atoms with van der Waals surface area (Å²) < 4.78 is 4.10. The second-order valence-electron chi connectivity index (χ2n) is 5.55. The second-order valence-corrected chi connectivity index (χ2v) is 5.93. The van der Waals surface area contributed by atoms with Crippen molar-refractivity contribution in [2.24, 2.45) is 13.0 Å². The van der Waals surface area contributed by atoms with Crippen LogP contribution in [0, 0.1) is 5.92 Å². The van der Waals surface area contributed by atoms with E-state index in [1.54, 1.807) is 6.20 Å². The minimum absolute atomic E-state index is 0.506. The fraction of sp³-hybridized carbons (Fsp3) is 0.533. The number of nitrogens with one attached hydrogen (secondary N) is 1. The van der Waals surface area contributed by atoms with Gasteiger partial charge in [-0.15, -0.1) is 0 Å². The molecule has 0 radical (unpaired) electrons. The molecule has 0 aromatic carbocycles. The van der Waals surface area contributed by atoms with Gasteiger partial charge in [-0.05, 0) is 36.9 Å². The van der Waals surface area contributed by atoms with Crippen LogP contribution >= 0.6 is 11.6 Å². The van der Waals surface area contributed by atoms with Gasteiger partial charge >= 0.3 is 0 Å². The van der Waals surface area contributed by atoms with E-state index in [2.05, 4.69) is 40.3 Å². The molecule has 20 heavy (non-hydrogen) atoms. The van der Waals surface area contributed by atoms with Crippen LogP contribution < -0.4 is 5.32 Å². The maximum Gasteiger partial charge on any atom is 0.129 e.